The summed E-state index contributed by atoms with van der Waals surface area (Å²) >= 11 is 3.22. The highest BCUT2D eigenvalue weighted by atomic mass is 127. The van der Waals surface area contributed by atoms with Gasteiger partial charge in [0, 0.05) is 29.4 Å². The molecular weight excluding hydrogens is 489 g/mol. The fraction of sp³-hybridized carbons (Fsp3) is 0.238. The number of rotatable bonds is 8. The van der Waals surface area contributed by atoms with Crippen molar-refractivity contribution in [2.24, 2.45) is 0 Å². The van der Waals surface area contributed by atoms with Crippen LogP contribution in [0.25, 0.3) is 6.08 Å². The average Bonchev–Trinajstić information content (AvgIpc) is 2.96. The predicted octanol–water partition coefficient (Wildman–Crippen LogP) is 4.94. The first-order chi connectivity index (χ1) is 13.6. The van der Waals surface area contributed by atoms with Crippen LogP contribution in [0.5, 0.6) is 5.75 Å². The van der Waals surface area contributed by atoms with Gasteiger partial charge in [0.25, 0.3) is 11.1 Å². The van der Waals surface area contributed by atoms with E-state index in [1.165, 1.54) is 8.47 Å². The van der Waals surface area contributed by atoms with Crippen LogP contribution in [0.15, 0.2) is 53.4 Å². The van der Waals surface area contributed by atoms with Crippen LogP contribution >= 0.6 is 34.4 Å². The van der Waals surface area contributed by atoms with Crippen molar-refractivity contribution in [2.75, 3.05) is 20.3 Å². The predicted molar refractivity (Wildman–Crippen MR) is 119 cm³/mol. The molecule has 2 amide bonds. The lowest BCUT2D eigenvalue weighted by Gasteiger charge is -2.11. The van der Waals surface area contributed by atoms with Crippen LogP contribution < -0.4 is 4.74 Å². The average molecular weight is 509 g/mol. The Morgan fingerprint density at radius 2 is 1.86 bits per heavy atom. The maximum atomic E-state index is 12.6. The number of ether oxygens (including phenoxy) is 2. The molecule has 28 heavy (non-hydrogen) atoms. The molecule has 0 unspecified atom stereocenters. The zero-order valence-electron chi connectivity index (χ0n) is 15.4. The molecule has 146 valence electrons. The fourth-order valence-corrected chi connectivity index (χ4v) is 3.89. The smallest absolute Gasteiger partial charge is 0.293 e. The number of thioether (sulfide) groups is 1. The van der Waals surface area contributed by atoms with Crippen LogP contribution in [-0.2, 0) is 16.1 Å². The second-order valence-corrected chi connectivity index (χ2v) is 8.37. The van der Waals surface area contributed by atoms with E-state index in [0.717, 1.165) is 22.9 Å². The maximum absolute atomic E-state index is 12.6. The summed E-state index contributed by atoms with van der Waals surface area (Å²) < 4.78 is 12.1. The number of carbonyl (C=O) groups is 2. The van der Waals surface area contributed by atoms with E-state index in [-0.39, 0.29) is 11.1 Å². The number of hydrogen-bond donors (Lipinski definition) is 0. The monoisotopic (exact) mass is 509 g/mol. The Morgan fingerprint density at radius 1 is 1.11 bits per heavy atom. The minimum atomic E-state index is -0.265. The van der Waals surface area contributed by atoms with Crippen LogP contribution in [0.3, 0.4) is 0 Å². The van der Waals surface area contributed by atoms with E-state index in [9.17, 15) is 9.59 Å². The molecule has 2 aromatic rings. The Morgan fingerprint density at radius 3 is 2.61 bits per heavy atom. The molecule has 5 nitrogen and oxygen atoms in total. The third-order valence-corrected chi connectivity index (χ3v) is 5.74. The number of nitrogens with zero attached hydrogens (tertiary/aromatic N) is 1. The summed E-state index contributed by atoms with van der Waals surface area (Å²) in [6, 6.07) is 15.6. The molecule has 0 bridgehead atoms. The summed E-state index contributed by atoms with van der Waals surface area (Å²) in [4.78, 5) is 26.4. The van der Waals surface area contributed by atoms with Crippen molar-refractivity contribution in [3.63, 3.8) is 0 Å². The van der Waals surface area contributed by atoms with Gasteiger partial charge in [0.1, 0.15) is 12.4 Å². The van der Waals surface area contributed by atoms with Gasteiger partial charge in [0.05, 0.1) is 4.91 Å². The number of amides is 2. The first kappa shape index (κ1) is 20.9. The van der Waals surface area contributed by atoms with E-state index in [1.54, 1.807) is 13.2 Å². The largest absolute Gasteiger partial charge is 0.488 e. The van der Waals surface area contributed by atoms with Crippen LogP contribution in [-0.4, -0.2) is 36.3 Å². The van der Waals surface area contributed by atoms with Gasteiger partial charge in [-0.3, -0.25) is 14.5 Å². The SMILES string of the molecule is COCCCN1C(=O)S/C(=C/c2ccccc2OCc2ccc(I)cc2)C1=O. The fourth-order valence-electron chi connectivity index (χ4n) is 2.67. The second-order valence-electron chi connectivity index (χ2n) is 6.13. The van der Waals surface area contributed by atoms with Crippen molar-refractivity contribution in [1.82, 2.24) is 4.90 Å². The Balaban J connectivity index is 1.72. The van der Waals surface area contributed by atoms with E-state index >= 15 is 0 Å². The van der Waals surface area contributed by atoms with Crippen LogP contribution in [0, 0.1) is 3.57 Å². The minimum absolute atomic E-state index is 0.246. The summed E-state index contributed by atoms with van der Waals surface area (Å²) in [5, 5.41) is -0.246. The van der Waals surface area contributed by atoms with Crippen LogP contribution in [0.4, 0.5) is 4.79 Å². The van der Waals surface area contributed by atoms with Gasteiger partial charge in [-0.05, 0) is 70.6 Å². The molecule has 0 N–H and O–H groups in total. The van der Waals surface area contributed by atoms with Gasteiger partial charge in [-0.25, -0.2) is 0 Å². The van der Waals surface area contributed by atoms with Crippen molar-refractivity contribution >= 4 is 51.6 Å². The number of carbonyl (C=O) groups excluding carboxylic acids is 2. The molecule has 0 aliphatic carbocycles. The molecule has 0 atom stereocenters. The standard InChI is InChI=1S/C21H20INO4S/c1-26-12-4-11-23-20(24)19(28-21(23)25)13-16-5-2-3-6-18(16)27-14-15-7-9-17(22)10-8-15/h2-3,5-10,13H,4,11-12,14H2,1H3/b19-13+. The van der Waals surface area contributed by atoms with Gasteiger partial charge in [-0.2, -0.15) is 0 Å². The molecule has 1 fully saturated rings. The van der Waals surface area contributed by atoms with Crippen molar-refractivity contribution < 1.29 is 19.1 Å². The number of benzene rings is 2. The number of para-hydroxylation sites is 1. The Labute approximate surface area is 182 Å². The van der Waals surface area contributed by atoms with E-state index in [1.807, 2.05) is 48.5 Å². The Kier molecular flexibility index (Phi) is 7.52. The summed E-state index contributed by atoms with van der Waals surface area (Å²) in [5.74, 6) is 0.408. The van der Waals surface area contributed by atoms with Crippen molar-refractivity contribution in [3.8, 4) is 5.75 Å². The molecule has 1 aliphatic rings. The van der Waals surface area contributed by atoms with Gasteiger partial charge in [0.15, 0.2) is 0 Å². The lowest BCUT2D eigenvalue weighted by molar-refractivity contribution is -0.122. The highest BCUT2D eigenvalue weighted by Crippen LogP contribution is 2.34. The molecule has 0 radical (unpaired) electrons. The zero-order chi connectivity index (χ0) is 19.9. The van der Waals surface area contributed by atoms with E-state index in [0.29, 0.717) is 36.8 Å². The summed E-state index contributed by atoms with van der Waals surface area (Å²) in [5.41, 5.74) is 1.84. The quantitative estimate of drug-likeness (QED) is 0.287. The molecule has 7 heteroatoms. The summed E-state index contributed by atoms with van der Waals surface area (Å²) in [6.45, 7) is 1.30. The molecule has 0 saturated carbocycles. The molecule has 1 saturated heterocycles. The van der Waals surface area contributed by atoms with E-state index in [4.69, 9.17) is 9.47 Å². The highest BCUT2D eigenvalue weighted by molar-refractivity contribution is 14.1. The minimum Gasteiger partial charge on any atom is -0.488 e. The lowest BCUT2D eigenvalue weighted by atomic mass is 10.1. The first-order valence-corrected chi connectivity index (χ1v) is 10.7. The molecule has 0 spiro atoms. The van der Waals surface area contributed by atoms with Gasteiger partial charge in [-0.1, -0.05) is 30.3 Å². The highest BCUT2D eigenvalue weighted by Gasteiger charge is 2.34. The zero-order valence-corrected chi connectivity index (χ0v) is 18.4. The maximum Gasteiger partial charge on any atom is 0.293 e. The van der Waals surface area contributed by atoms with E-state index in [2.05, 4.69) is 22.6 Å². The molecule has 2 aromatic carbocycles. The Hall–Kier alpha value is -1.84. The Bertz CT molecular complexity index is 882. The molecule has 3 rings (SSSR count). The molecule has 0 aromatic heterocycles. The van der Waals surface area contributed by atoms with Gasteiger partial charge in [-0.15, -0.1) is 0 Å². The number of imide groups is 1. The number of hydrogen-bond acceptors (Lipinski definition) is 5. The molecule has 1 aliphatic heterocycles. The normalized spacial score (nSPS) is 15.5. The molecular formula is C21H20INO4S. The summed E-state index contributed by atoms with van der Waals surface area (Å²) in [7, 11) is 1.60. The van der Waals surface area contributed by atoms with Crippen molar-refractivity contribution in [3.05, 3.63) is 68.1 Å². The third kappa shape index (κ3) is 5.36. The van der Waals surface area contributed by atoms with Crippen molar-refractivity contribution in [1.29, 1.82) is 0 Å². The van der Waals surface area contributed by atoms with Gasteiger partial charge < -0.3 is 9.47 Å². The second kappa shape index (κ2) is 10.1. The van der Waals surface area contributed by atoms with Gasteiger partial charge >= 0.3 is 0 Å². The van der Waals surface area contributed by atoms with Crippen LogP contribution in [0.2, 0.25) is 0 Å². The number of methoxy groups -OCH3 is 1. The number of halogens is 1. The topological polar surface area (TPSA) is 55.8 Å². The van der Waals surface area contributed by atoms with Crippen molar-refractivity contribution in [2.45, 2.75) is 13.0 Å². The summed E-state index contributed by atoms with van der Waals surface area (Å²) in [6.07, 6.45) is 2.35. The van der Waals surface area contributed by atoms with Crippen LogP contribution in [0.1, 0.15) is 17.5 Å². The molecule has 1 heterocycles. The van der Waals surface area contributed by atoms with E-state index < -0.39 is 0 Å². The van der Waals surface area contributed by atoms with Gasteiger partial charge in [0.2, 0.25) is 0 Å². The first-order valence-electron chi connectivity index (χ1n) is 8.79. The lowest BCUT2D eigenvalue weighted by Crippen LogP contribution is -2.29. The third-order valence-electron chi connectivity index (χ3n) is 4.12.